The SMILES string of the molecule is CCN(C)C1CCCC(C)C1C. The summed E-state index contributed by atoms with van der Waals surface area (Å²) in [6.45, 7) is 8.27. The Morgan fingerprint density at radius 2 is 1.92 bits per heavy atom. The van der Waals surface area contributed by atoms with Gasteiger partial charge in [0.2, 0.25) is 0 Å². The average molecular weight is 169 g/mol. The highest BCUT2D eigenvalue weighted by Crippen LogP contribution is 2.31. The van der Waals surface area contributed by atoms with E-state index in [1.807, 2.05) is 0 Å². The fourth-order valence-electron chi connectivity index (χ4n) is 2.41. The molecule has 0 heterocycles. The quantitative estimate of drug-likeness (QED) is 0.614. The van der Waals surface area contributed by atoms with Crippen LogP contribution in [0.2, 0.25) is 0 Å². The van der Waals surface area contributed by atoms with Crippen molar-refractivity contribution in [3.63, 3.8) is 0 Å². The average Bonchev–Trinajstić information content (AvgIpc) is 2.08. The Balaban J connectivity index is 2.51. The van der Waals surface area contributed by atoms with Gasteiger partial charge < -0.3 is 4.90 Å². The van der Waals surface area contributed by atoms with Gasteiger partial charge >= 0.3 is 0 Å². The van der Waals surface area contributed by atoms with Crippen LogP contribution in [0, 0.1) is 11.8 Å². The summed E-state index contributed by atoms with van der Waals surface area (Å²) in [6, 6.07) is 0.846. The molecule has 1 rings (SSSR count). The fourth-order valence-corrected chi connectivity index (χ4v) is 2.41. The van der Waals surface area contributed by atoms with Crippen molar-refractivity contribution in [3.05, 3.63) is 0 Å². The summed E-state index contributed by atoms with van der Waals surface area (Å²) in [7, 11) is 2.26. The summed E-state index contributed by atoms with van der Waals surface area (Å²) in [6.07, 6.45) is 4.28. The molecule has 1 nitrogen and oxygen atoms in total. The number of nitrogens with zero attached hydrogens (tertiary/aromatic N) is 1. The standard InChI is InChI=1S/C11H23N/c1-5-12(4)11-8-6-7-9(2)10(11)3/h9-11H,5-8H2,1-4H3. The van der Waals surface area contributed by atoms with Gasteiger partial charge in [0.1, 0.15) is 0 Å². The summed E-state index contributed by atoms with van der Waals surface area (Å²) in [5.74, 6) is 1.82. The van der Waals surface area contributed by atoms with Crippen LogP contribution in [0.15, 0.2) is 0 Å². The highest BCUT2D eigenvalue weighted by molar-refractivity contribution is 4.82. The van der Waals surface area contributed by atoms with E-state index in [1.54, 1.807) is 0 Å². The van der Waals surface area contributed by atoms with Crippen LogP contribution in [0.4, 0.5) is 0 Å². The van der Waals surface area contributed by atoms with Crippen molar-refractivity contribution in [2.24, 2.45) is 11.8 Å². The maximum atomic E-state index is 2.51. The van der Waals surface area contributed by atoms with Gasteiger partial charge in [0.25, 0.3) is 0 Å². The van der Waals surface area contributed by atoms with E-state index in [-0.39, 0.29) is 0 Å². The molecule has 0 aromatic carbocycles. The van der Waals surface area contributed by atoms with Crippen molar-refractivity contribution >= 4 is 0 Å². The van der Waals surface area contributed by atoms with E-state index in [4.69, 9.17) is 0 Å². The largest absolute Gasteiger partial charge is 0.303 e. The lowest BCUT2D eigenvalue weighted by Crippen LogP contribution is -2.41. The zero-order valence-electron chi connectivity index (χ0n) is 9.01. The summed E-state index contributed by atoms with van der Waals surface area (Å²) < 4.78 is 0. The molecule has 0 aromatic rings. The first-order valence-corrected chi connectivity index (χ1v) is 5.37. The van der Waals surface area contributed by atoms with E-state index in [1.165, 1.54) is 25.8 Å². The minimum Gasteiger partial charge on any atom is -0.303 e. The molecule has 0 spiro atoms. The third-order valence-corrected chi connectivity index (χ3v) is 3.73. The van der Waals surface area contributed by atoms with Crippen LogP contribution in [0.1, 0.15) is 40.0 Å². The fraction of sp³-hybridized carbons (Fsp3) is 1.00. The molecule has 0 radical (unpaired) electrons. The van der Waals surface area contributed by atoms with Gasteiger partial charge in [0.15, 0.2) is 0 Å². The first-order chi connectivity index (χ1) is 5.66. The molecule has 0 aromatic heterocycles. The van der Waals surface area contributed by atoms with Gasteiger partial charge in [-0.1, -0.05) is 33.6 Å². The van der Waals surface area contributed by atoms with E-state index in [0.29, 0.717) is 0 Å². The second kappa shape index (κ2) is 4.27. The molecule has 1 fully saturated rings. The van der Waals surface area contributed by atoms with Crippen LogP contribution < -0.4 is 0 Å². The monoisotopic (exact) mass is 169 g/mol. The minimum absolute atomic E-state index is 0.846. The maximum absolute atomic E-state index is 2.51. The minimum atomic E-state index is 0.846. The van der Waals surface area contributed by atoms with Crippen molar-refractivity contribution < 1.29 is 0 Å². The molecule has 0 bridgehead atoms. The molecule has 12 heavy (non-hydrogen) atoms. The first-order valence-electron chi connectivity index (χ1n) is 5.37. The molecule has 0 saturated heterocycles. The number of rotatable bonds is 2. The van der Waals surface area contributed by atoms with Crippen molar-refractivity contribution in [2.75, 3.05) is 13.6 Å². The Bertz CT molecular complexity index is 133. The second-order valence-corrected chi connectivity index (χ2v) is 4.41. The first kappa shape index (κ1) is 10.0. The molecular weight excluding hydrogens is 146 g/mol. The van der Waals surface area contributed by atoms with Crippen molar-refractivity contribution in [3.8, 4) is 0 Å². The van der Waals surface area contributed by atoms with Crippen LogP contribution in [0.5, 0.6) is 0 Å². The van der Waals surface area contributed by atoms with Gasteiger partial charge in [-0.2, -0.15) is 0 Å². The Morgan fingerprint density at radius 3 is 2.50 bits per heavy atom. The molecular formula is C11H23N. The van der Waals surface area contributed by atoms with Crippen LogP contribution in [0.25, 0.3) is 0 Å². The summed E-state index contributed by atoms with van der Waals surface area (Å²) in [5, 5.41) is 0. The third-order valence-electron chi connectivity index (χ3n) is 3.73. The Labute approximate surface area is 77.1 Å². The van der Waals surface area contributed by atoms with Crippen LogP contribution in [-0.2, 0) is 0 Å². The molecule has 0 N–H and O–H groups in total. The molecule has 3 unspecified atom stereocenters. The molecule has 1 heteroatoms. The van der Waals surface area contributed by atoms with Crippen LogP contribution >= 0.6 is 0 Å². The summed E-state index contributed by atoms with van der Waals surface area (Å²) in [5.41, 5.74) is 0. The molecule has 72 valence electrons. The van der Waals surface area contributed by atoms with E-state index in [0.717, 1.165) is 17.9 Å². The molecule has 1 saturated carbocycles. The van der Waals surface area contributed by atoms with Crippen molar-refractivity contribution in [2.45, 2.75) is 46.1 Å². The van der Waals surface area contributed by atoms with E-state index in [9.17, 15) is 0 Å². The summed E-state index contributed by atoms with van der Waals surface area (Å²) in [4.78, 5) is 2.51. The van der Waals surface area contributed by atoms with E-state index in [2.05, 4.69) is 32.7 Å². The Hall–Kier alpha value is -0.0400. The lowest BCUT2D eigenvalue weighted by molar-refractivity contribution is 0.107. The van der Waals surface area contributed by atoms with Crippen molar-refractivity contribution in [1.82, 2.24) is 4.90 Å². The van der Waals surface area contributed by atoms with Gasteiger partial charge in [-0.3, -0.25) is 0 Å². The predicted molar refractivity (Wildman–Crippen MR) is 54.3 cm³/mol. The molecule has 3 atom stereocenters. The van der Waals surface area contributed by atoms with E-state index < -0.39 is 0 Å². The predicted octanol–water partition coefficient (Wildman–Crippen LogP) is 2.76. The topological polar surface area (TPSA) is 3.24 Å². The second-order valence-electron chi connectivity index (χ2n) is 4.41. The Morgan fingerprint density at radius 1 is 1.25 bits per heavy atom. The van der Waals surface area contributed by atoms with Crippen LogP contribution in [-0.4, -0.2) is 24.5 Å². The zero-order valence-corrected chi connectivity index (χ0v) is 9.01. The van der Waals surface area contributed by atoms with Crippen molar-refractivity contribution in [1.29, 1.82) is 0 Å². The lowest BCUT2D eigenvalue weighted by atomic mass is 9.77. The molecule has 1 aliphatic carbocycles. The van der Waals surface area contributed by atoms with E-state index >= 15 is 0 Å². The molecule has 0 aliphatic heterocycles. The van der Waals surface area contributed by atoms with Gasteiger partial charge in [-0.05, 0) is 31.8 Å². The maximum Gasteiger partial charge on any atom is 0.0120 e. The van der Waals surface area contributed by atoms with Gasteiger partial charge in [0, 0.05) is 6.04 Å². The van der Waals surface area contributed by atoms with Crippen LogP contribution in [0.3, 0.4) is 0 Å². The Kier molecular flexibility index (Phi) is 3.57. The zero-order chi connectivity index (χ0) is 9.14. The highest BCUT2D eigenvalue weighted by atomic mass is 15.1. The van der Waals surface area contributed by atoms with Gasteiger partial charge in [-0.15, -0.1) is 0 Å². The normalized spacial score (nSPS) is 37.2. The highest BCUT2D eigenvalue weighted by Gasteiger charge is 2.28. The van der Waals surface area contributed by atoms with Gasteiger partial charge in [0.05, 0.1) is 0 Å². The smallest absolute Gasteiger partial charge is 0.0120 e. The number of hydrogen-bond acceptors (Lipinski definition) is 1. The summed E-state index contributed by atoms with van der Waals surface area (Å²) >= 11 is 0. The molecule has 1 aliphatic rings. The molecule has 0 amide bonds. The third kappa shape index (κ3) is 2.01. The number of hydrogen-bond donors (Lipinski definition) is 0. The lowest BCUT2D eigenvalue weighted by Gasteiger charge is -2.39. The van der Waals surface area contributed by atoms with Gasteiger partial charge in [-0.25, -0.2) is 0 Å².